The van der Waals surface area contributed by atoms with E-state index in [-0.39, 0.29) is 23.2 Å². The zero-order chi connectivity index (χ0) is 19.6. The lowest BCUT2D eigenvalue weighted by atomic mass is 10.00. The van der Waals surface area contributed by atoms with Crippen molar-refractivity contribution in [1.82, 2.24) is 14.3 Å². The molecule has 1 aliphatic heterocycles. The number of aromatic nitrogens is 2. The molecule has 2 unspecified atom stereocenters. The van der Waals surface area contributed by atoms with Gasteiger partial charge in [-0.1, -0.05) is 13.0 Å². The van der Waals surface area contributed by atoms with Crippen molar-refractivity contribution in [3.8, 4) is 0 Å². The van der Waals surface area contributed by atoms with Gasteiger partial charge in [0.15, 0.2) is 9.84 Å². The largest absolute Gasteiger partial charge is 0.339 e. The van der Waals surface area contributed by atoms with E-state index in [2.05, 4.69) is 4.98 Å². The lowest BCUT2D eigenvalue weighted by Crippen LogP contribution is -2.49. The van der Waals surface area contributed by atoms with Gasteiger partial charge in [0.1, 0.15) is 10.9 Å². The number of carbonyl (C=O) groups excluding carboxylic acids is 1. The molecule has 1 saturated heterocycles. The molecule has 0 radical (unpaired) electrons. The van der Waals surface area contributed by atoms with Gasteiger partial charge in [-0.15, -0.1) is 0 Å². The maximum Gasteiger partial charge on any atom is 0.258 e. The van der Waals surface area contributed by atoms with Gasteiger partial charge in [0.2, 0.25) is 5.91 Å². The molecule has 2 atom stereocenters. The Labute approximate surface area is 158 Å². The molecule has 146 valence electrons. The van der Waals surface area contributed by atoms with E-state index in [1.54, 1.807) is 29.3 Å². The number of fused-ring (bicyclic) bond motifs is 1. The summed E-state index contributed by atoms with van der Waals surface area (Å²) in [5.74, 6) is -0.774. The van der Waals surface area contributed by atoms with E-state index in [0.29, 0.717) is 12.2 Å². The minimum Gasteiger partial charge on any atom is -0.339 e. The number of hydrogen-bond acceptors (Lipinski definition) is 5. The summed E-state index contributed by atoms with van der Waals surface area (Å²) >= 11 is 0. The molecule has 1 aliphatic rings. The lowest BCUT2D eigenvalue weighted by Gasteiger charge is -2.36. The van der Waals surface area contributed by atoms with Crippen LogP contribution in [0.5, 0.6) is 0 Å². The minimum absolute atomic E-state index is 0.104. The Morgan fingerprint density at radius 3 is 2.85 bits per heavy atom. The Bertz CT molecular complexity index is 999. The number of amides is 1. The van der Waals surface area contributed by atoms with E-state index < -0.39 is 20.8 Å². The molecule has 0 saturated carbocycles. The Morgan fingerprint density at radius 2 is 2.11 bits per heavy atom. The molecule has 8 heteroatoms. The first kappa shape index (κ1) is 19.5. The number of carbonyl (C=O) groups is 1. The van der Waals surface area contributed by atoms with Gasteiger partial charge in [0.25, 0.3) is 5.56 Å². The van der Waals surface area contributed by atoms with Gasteiger partial charge in [-0.25, -0.2) is 13.4 Å². The first-order valence-electron chi connectivity index (χ1n) is 9.33. The van der Waals surface area contributed by atoms with Crippen LogP contribution in [0.3, 0.4) is 0 Å². The van der Waals surface area contributed by atoms with Gasteiger partial charge in [0.05, 0.1) is 11.4 Å². The minimum atomic E-state index is -3.78. The highest BCUT2D eigenvalue weighted by Crippen LogP contribution is 2.22. The third-order valence-corrected chi connectivity index (χ3v) is 7.22. The van der Waals surface area contributed by atoms with Gasteiger partial charge in [-0.3, -0.25) is 14.0 Å². The van der Waals surface area contributed by atoms with Crippen LogP contribution in [0, 0.1) is 0 Å². The van der Waals surface area contributed by atoms with E-state index in [1.807, 2.05) is 6.92 Å². The van der Waals surface area contributed by atoms with Crippen LogP contribution in [-0.2, 0) is 20.4 Å². The van der Waals surface area contributed by atoms with Crippen LogP contribution in [0.1, 0.15) is 45.2 Å². The summed E-state index contributed by atoms with van der Waals surface area (Å²) in [5, 5.41) is -1.15. The van der Waals surface area contributed by atoms with E-state index >= 15 is 0 Å². The van der Waals surface area contributed by atoms with Crippen LogP contribution in [-0.4, -0.2) is 46.4 Å². The van der Waals surface area contributed by atoms with Gasteiger partial charge in [-0.05, 0) is 44.7 Å². The molecule has 7 nitrogen and oxygen atoms in total. The summed E-state index contributed by atoms with van der Waals surface area (Å²) in [7, 11) is -3.78. The first-order chi connectivity index (χ1) is 12.8. The normalized spacial score (nSPS) is 19.2. The maximum absolute atomic E-state index is 12.8. The van der Waals surface area contributed by atoms with E-state index in [4.69, 9.17) is 0 Å². The van der Waals surface area contributed by atoms with Gasteiger partial charge in [0, 0.05) is 24.8 Å². The van der Waals surface area contributed by atoms with Crippen molar-refractivity contribution >= 4 is 21.4 Å². The summed E-state index contributed by atoms with van der Waals surface area (Å²) in [6, 6.07) is 6.40. The standard InChI is InChI=1S/C19H25N3O4S/c1-3-16-8-4-6-10-21(16)19(24)14(2)27(25,26)13-15-12-18(23)22-11-7-5-9-17(22)20-15/h5,7,9,11-12,14,16H,3-4,6,8,10,13H2,1-2H3. The molecule has 0 aliphatic carbocycles. The maximum atomic E-state index is 12.8. The lowest BCUT2D eigenvalue weighted by molar-refractivity contribution is -0.134. The highest BCUT2D eigenvalue weighted by atomic mass is 32.2. The molecular formula is C19H25N3O4S. The molecule has 27 heavy (non-hydrogen) atoms. The Morgan fingerprint density at radius 1 is 1.33 bits per heavy atom. The van der Waals surface area contributed by atoms with Gasteiger partial charge < -0.3 is 4.90 Å². The number of sulfone groups is 1. The summed E-state index contributed by atoms with van der Waals surface area (Å²) in [4.78, 5) is 31.0. The second-order valence-electron chi connectivity index (χ2n) is 7.05. The first-order valence-corrected chi connectivity index (χ1v) is 11.0. The third kappa shape index (κ3) is 4.05. The van der Waals surface area contributed by atoms with Crippen LogP contribution >= 0.6 is 0 Å². The average Bonchev–Trinajstić information content (AvgIpc) is 2.66. The van der Waals surface area contributed by atoms with Crippen molar-refractivity contribution in [2.45, 2.75) is 56.6 Å². The SMILES string of the molecule is CCC1CCCCN1C(=O)C(C)S(=O)(=O)Cc1cc(=O)n2ccccc2n1. The van der Waals surface area contributed by atoms with Crippen LogP contribution in [0.15, 0.2) is 35.3 Å². The van der Waals surface area contributed by atoms with Crippen molar-refractivity contribution in [3.05, 3.63) is 46.5 Å². The van der Waals surface area contributed by atoms with Crippen LogP contribution in [0.25, 0.3) is 5.65 Å². The van der Waals surface area contributed by atoms with Gasteiger partial charge >= 0.3 is 0 Å². The molecule has 3 rings (SSSR count). The summed E-state index contributed by atoms with van der Waals surface area (Å²) in [6.07, 6.45) is 5.28. The number of nitrogens with zero attached hydrogens (tertiary/aromatic N) is 3. The summed E-state index contributed by atoms with van der Waals surface area (Å²) in [5.41, 5.74) is 0.208. The molecule has 2 aromatic rings. The summed E-state index contributed by atoms with van der Waals surface area (Å²) < 4.78 is 27.0. The van der Waals surface area contributed by atoms with E-state index in [0.717, 1.165) is 25.7 Å². The van der Waals surface area contributed by atoms with Crippen molar-refractivity contribution in [1.29, 1.82) is 0 Å². The van der Waals surface area contributed by atoms with E-state index in [9.17, 15) is 18.0 Å². The van der Waals surface area contributed by atoms with Crippen molar-refractivity contribution in [3.63, 3.8) is 0 Å². The fourth-order valence-corrected chi connectivity index (χ4v) is 4.86. The fraction of sp³-hybridized carbons (Fsp3) is 0.526. The third-order valence-electron chi connectivity index (χ3n) is 5.24. The quantitative estimate of drug-likeness (QED) is 0.775. The highest BCUT2D eigenvalue weighted by Gasteiger charge is 2.35. The number of rotatable bonds is 5. The topological polar surface area (TPSA) is 88.8 Å². The predicted molar refractivity (Wildman–Crippen MR) is 103 cm³/mol. The molecule has 0 aromatic carbocycles. The molecule has 1 amide bonds. The number of hydrogen-bond donors (Lipinski definition) is 0. The molecule has 0 spiro atoms. The van der Waals surface area contributed by atoms with Gasteiger partial charge in [-0.2, -0.15) is 0 Å². The zero-order valence-corrected chi connectivity index (χ0v) is 16.5. The molecule has 2 aromatic heterocycles. The van der Waals surface area contributed by atoms with Crippen molar-refractivity contribution in [2.24, 2.45) is 0 Å². The van der Waals surface area contributed by atoms with E-state index in [1.165, 1.54) is 17.4 Å². The highest BCUT2D eigenvalue weighted by molar-refractivity contribution is 7.92. The zero-order valence-electron chi connectivity index (χ0n) is 15.7. The van der Waals surface area contributed by atoms with Crippen LogP contribution < -0.4 is 5.56 Å². The Balaban J connectivity index is 1.83. The number of piperidine rings is 1. The number of pyridine rings is 1. The molecule has 0 bridgehead atoms. The molecule has 1 fully saturated rings. The summed E-state index contributed by atoms with van der Waals surface area (Å²) in [6.45, 7) is 4.06. The monoisotopic (exact) mass is 391 g/mol. The van der Waals surface area contributed by atoms with Crippen molar-refractivity contribution < 1.29 is 13.2 Å². The van der Waals surface area contributed by atoms with Crippen molar-refractivity contribution in [2.75, 3.05) is 6.54 Å². The average molecular weight is 391 g/mol. The second-order valence-corrected chi connectivity index (χ2v) is 9.37. The van der Waals surface area contributed by atoms with Crippen LogP contribution in [0.2, 0.25) is 0 Å². The van der Waals surface area contributed by atoms with Crippen LogP contribution in [0.4, 0.5) is 0 Å². The molecular weight excluding hydrogens is 366 g/mol. The second kappa shape index (κ2) is 7.80. The predicted octanol–water partition coefficient (Wildman–Crippen LogP) is 1.79. The smallest absolute Gasteiger partial charge is 0.258 e. The number of likely N-dealkylation sites (tertiary alicyclic amines) is 1. The fourth-order valence-electron chi connectivity index (χ4n) is 3.61. The molecule has 3 heterocycles. The Hall–Kier alpha value is -2.22. The Kier molecular flexibility index (Phi) is 5.64. The molecule has 0 N–H and O–H groups in total.